The summed E-state index contributed by atoms with van der Waals surface area (Å²) in [4.78, 5) is 64.3. The number of rotatable bonds is 8. The lowest BCUT2D eigenvalue weighted by molar-refractivity contribution is -0.148. The van der Waals surface area contributed by atoms with E-state index in [2.05, 4.69) is 25.5 Å². The van der Waals surface area contributed by atoms with E-state index in [0.29, 0.717) is 26.3 Å². The highest BCUT2D eigenvalue weighted by atomic mass is 32.2. The first kappa shape index (κ1) is 26.9. The maximum absolute atomic E-state index is 13.1. The largest absolute Gasteiger partial charge is 0.512 e. The molecule has 3 aromatic rings. The highest BCUT2D eigenvalue weighted by Gasteiger charge is 2.54. The minimum atomic E-state index is -1.58. The fourth-order valence-corrected chi connectivity index (χ4v) is 7.71. The van der Waals surface area contributed by atoms with Crippen LogP contribution in [0.15, 0.2) is 37.2 Å². The van der Waals surface area contributed by atoms with Gasteiger partial charge in [0.15, 0.2) is 15.2 Å². The lowest BCUT2D eigenvalue weighted by Gasteiger charge is -2.49. The van der Waals surface area contributed by atoms with Gasteiger partial charge in [0.05, 0.1) is 0 Å². The molecule has 5 rings (SSSR count). The summed E-state index contributed by atoms with van der Waals surface area (Å²) >= 11 is 4.92. The molecule has 0 spiro atoms. The zero-order valence-electron chi connectivity index (χ0n) is 20.0. The predicted molar refractivity (Wildman–Crippen MR) is 144 cm³/mol. The molecule has 1 fully saturated rings. The van der Waals surface area contributed by atoms with Crippen LogP contribution in [0.5, 0.6) is 0 Å². The summed E-state index contributed by atoms with van der Waals surface area (Å²) < 4.78 is 6.74. The fraction of sp³-hybridized carbons (Fsp3) is 0.300. The van der Waals surface area contributed by atoms with Crippen molar-refractivity contribution >= 4 is 80.0 Å². The summed E-state index contributed by atoms with van der Waals surface area (Å²) in [6.07, 6.45) is -1.58. The highest BCUT2D eigenvalue weighted by Crippen LogP contribution is 2.42. The standard InChI is InChI=1S/C20H18N8O7S4/c1-7-3-10(29)28-18(22-7)39-19(25-28)38-5-8-4-36-16-12(14(31)27(16)15(8)35-20(32)33)24-13(30)11(26-34-2)9-6-37-17(21)23-9/h3,6,12,16H,4-5H2,1-2H3,(H2,21,23)(H,24,30)(H,32,33)/b26-11-/t12-,16-/m1/s1. The summed E-state index contributed by atoms with van der Waals surface area (Å²) in [6, 6.07) is 0.411. The number of oxime groups is 1. The van der Waals surface area contributed by atoms with Gasteiger partial charge in [-0.25, -0.2) is 14.8 Å². The third-order valence-corrected chi connectivity index (χ3v) is 9.49. The molecule has 0 unspecified atom stereocenters. The molecule has 2 atom stereocenters. The molecular weight excluding hydrogens is 593 g/mol. The number of carbonyl (C=O) groups excluding carboxylic acids is 2. The van der Waals surface area contributed by atoms with Crippen LogP contribution >= 0.6 is 46.2 Å². The van der Waals surface area contributed by atoms with Crippen molar-refractivity contribution in [2.24, 2.45) is 5.16 Å². The number of nitrogens with two attached hydrogens (primary N) is 1. The summed E-state index contributed by atoms with van der Waals surface area (Å²) in [5.74, 6) is -0.811. The first-order chi connectivity index (χ1) is 18.7. The van der Waals surface area contributed by atoms with E-state index in [0.717, 1.165) is 11.3 Å². The molecule has 0 aliphatic carbocycles. The van der Waals surface area contributed by atoms with Gasteiger partial charge in [-0.3, -0.25) is 19.3 Å². The Balaban J connectivity index is 1.33. The van der Waals surface area contributed by atoms with Crippen molar-refractivity contribution in [2.45, 2.75) is 22.7 Å². The molecule has 15 nitrogen and oxygen atoms in total. The second-order valence-corrected chi connectivity index (χ2v) is 12.1. The molecule has 3 aromatic heterocycles. The molecular formula is C20H18N8O7S4. The average molecular weight is 611 g/mol. The van der Waals surface area contributed by atoms with Gasteiger partial charge in [0, 0.05) is 34.2 Å². The SMILES string of the molecule is CO/N=C(\C(=O)N[C@@H]1C(=O)N2C(OC(=O)O)=C(CSc3nn4c(=O)cc(C)nc4s3)CS[C@H]12)c1csc(N)n1. The number of nitrogens with one attached hydrogen (secondary N) is 1. The van der Waals surface area contributed by atoms with E-state index in [1.165, 1.54) is 62.8 Å². The second-order valence-electron chi connectivity index (χ2n) is 7.92. The molecule has 2 aliphatic heterocycles. The molecule has 0 bridgehead atoms. The van der Waals surface area contributed by atoms with Gasteiger partial charge >= 0.3 is 6.16 Å². The number of hydrogen-bond acceptors (Lipinski definition) is 15. The molecule has 2 aliphatic rings. The van der Waals surface area contributed by atoms with Gasteiger partial charge in [-0.2, -0.15) is 4.52 Å². The molecule has 0 radical (unpaired) electrons. The Kier molecular flexibility index (Phi) is 7.47. The molecule has 19 heteroatoms. The topological polar surface area (TPSA) is 204 Å². The van der Waals surface area contributed by atoms with E-state index in [4.69, 9.17) is 15.3 Å². The molecule has 5 heterocycles. The van der Waals surface area contributed by atoms with E-state index in [1.54, 1.807) is 6.92 Å². The van der Waals surface area contributed by atoms with Gasteiger partial charge in [0.25, 0.3) is 17.4 Å². The Labute approximate surface area is 235 Å². The smallest absolute Gasteiger partial charge is 0.449 e. The van der Waals surface area contributed by atoms with Crippen LogP contribution in [0.25, 0.3) is 4.96 Å². The minimum absolute atomic E-state index is 0.112. The van der Waals surface area contributed by atoms with Crippen LogP contribution < -0.4 is 16.6 Å². The number of carbonyl (C=O) groups is 3. The van der Waals surface area contributed by atoms with Crippen molar-refractivity contribution in [2.75, 3.05) is 24.3 Å². The quantitative estimate of drug-likeness (QED) is 0.107. The molecule has 4 N–H and O–H groups in total. The van der Waals surface area contributed by atoms with Crippen LogP contribution in [0.2, 0.25) is 0 Å². The Morgan fingerprint density at radius 2 is 2.15 bits per heavy atom. The molecule has 39 heavy (non-hydrogen) atoms. The van der Waals surface area contributed by atoms with E-state index >= 15 is 0 Å². The zero-order valence-corrected chi connectivity index (χ0v) is 23.3. The predicted octanol–water partition coefficient (Wildman–Crippen LogP) is 0.947. The normalized spacial score (nSPS) is 19.1. The van der Waals surface area contributed by atoms with Crippen molar-refractivity contribution < 1.29 is 29.1 Å². The van der Waals surface area contributed by atoms with Crippen LogP contribution in [0.4, 0.5) is 9.93 Å². The number of thioether (sulfide) groups is 2. The number of aromatic nitrogens is 4. The van der Waals surface area contributed by atoms with E-state index in [-0.39, 0.29) is 33.7 Å². The van der Waals surface area contributed by atoms with Crippen molar-refractivity contribution in [1.29, 1.82) is 0 Å². The van der Waals surface area contributed by atoms with Gasteiger partial charge in [-0.1, -0.05) is 28.3 Å². The number of fused-ring (bicyclic) bond motifs is 2. The molecule has 204 valence electrons. The van der Waals surface area contributed by atoms with Crippen molar-refractivity contribution in [3.05, 3.63) is 44.6 Å². The summed E-state index contributed by atoms with van der Waals surface area (Å²) in [5.41, 5.74) is 6.48. The van der Waals surface area contributed by atoms with Crippen LogP contribution in [0.3, 0.4) is 0 Å². The Bertz CT molecular complexity index is 1610. The maximum Gasteiger partial charge on any atom is 0.512 e. The second kappa shape index (κ2) is 10.8. The number of hydrogen-bond donors (Lipinski definition) is 3. The lowest BCUT2D eigenvalue weighted by atomic mass is 10.1. The van der Waals surface area contributed by atoms with Crippen LogP contribution in [-0.4, -0.2) is 83.3 Å². The van der Waals surface area contributed by atoms with E-state index in [1.807, 2.05) is 0 Å². The van der Waals surface area contributed by atoms with Gasteiger partial charge in [-0.15, -0.1) is 28.2 Å². The first-order valence-electron chi connectivity index (χ1n) is 10.9. The highest BCUT2D eigenvalue weighted by molar-refractivity contribution is 8.02. The Hall–Kier alpha value is -3.68. The summed E-state index contributed by atoms with van der Waals surface area (Å²) in [5, 5.41) is 21.1. The Morgan fingerprint density at radius 3 is 2.85 bits per heavy atom. The van der Waals surface area contributed by atoms with Crippen molar-refractivity contribution in [3.63, 3.8) is 0 Å². The summed E-state index contributed by atoms with van der Waals surface area (Å²) in [6.45, 7) is 1.71. The number of β-lactam (4-membered cyclic amide) rings is 1. The zero-order chi connectivity index (χ0) is 27.8. The monoisotopic (exact) mass is 610 g/mol. The summed E-state index contributed by atoms with van der Waals surface area (Å²) in [7, 11) is 1.26. The van der Waals surface area contributed by atoms with Crippen molar-refractivity contribution in [3.8, 4) is 0 Å². The van der Waals surface area contributed by atoms with Crippen LogP contribution in [0, 0.1) is 6.92 Å². The first-order valence-corrected chi connectivity index (χ1v) is 14.6. The molecule has 0 saturated carbocycles. The number of nitrogen functional groups attached to an aromatic ring is 1. The number of anilines is 1. The van der Waals surface area contributed by atoms with Gasteiger partial charge in [0.1, 0.15) is 24.2 Å². The number of amides is 2. The van der Waals surface area contributed by atoms with Crippen LogP contribution in [0.1, 0.15) is 11.4 Å². The lowest BCUT2D eigenvalue weighted by Crippen LogP contribution is -2.70. The van der Waals surface area contributed by atoms with E-state index in [9.17, 15) is 24.3 Å². The third-order valence-electron chi connectivity index (χ3n) is 5.35. The van der Waals surface area contributed by atoms with Crippen molar-refractivity contribution in [1.82, 2.24) is 29.8 Å². The Morgan fingerprint density at radius 1 is 1.36 bits per heavy atom. The maximum atomic E-state index is 13.1. The number of nitrogens with zero attached hydrogens (tertiary/aromatic N) is 6. The molecule has 0 aromatic carbocycles. The van der Waals surface area contributed by atoms with Gasteiger partial charge < -0.3 is 25.7 Å². The molecule has 1 saturated heterocycles. The van der Waals surface area contributed by atoms with E-state index < -0.39 is 29.4 Å². The fourth-order valence-electron chi connectivity index (χ4n) is 3.72. The third kappa shape index (κ3) is 5.29. The van der Waals surface area contributed by atoms with Gasteiger partial charge in [0.2, 0.25) is 10.8 Å². The van der Waals surface area contributed by atoms with Crippen LogP contribution in [-0.2, 0) is 19.2 Å². The number of ether oxygens (including phenoxy) is 1. The average Bonchev–Trinajstić information content (AvgIpc) is 3.50. The molecule has 2 amide bonds. The van der Waals surface area contributed by atoms with Gasteiger partial charge in [-0.05, 0) is 6.92 Å². The minimum Gasteiger partial charge on any atom is -0.449 e. The number of carboxylic acid groups (broad SMARTS) is 1. The number of thiazole rings is 1. The number of aryl methyl sites for hydroxylation is 1.